The lowest BCUT2D eigenvalue weighted by Gasteiger charge is -2.17. The van der Waals surface area contributed by atoms with Gasteiger partial charge in [-0.25, -0.2) is 0 Å². The molecule has 0 N–H and O–H groups in total. The van der Waals surface area contributed by atoms with E-state index in [1.165, 1.54) is 11.3 Å². The van der Waals surface area contributed by atoms with Crippen LogP contribution in [-0.2, 0) is 4.74 Å². The number of ether oxygens (including phenoxy) is 1. The first-order valence-electron chi connectivity index (χ1n) is 5.23. The van der Waals surface area contributed by atoms with Gasteiger partial charge in [0, 0.05) is 19.7 Å². The summed E-state index contributed by atoms with van der Waals surface area (Å²) in [6, 6.07) is 3.81. The summed E-state index contributed by atoms with van der Waals surface area (Å²) in [6.07, 6.45) is 1.03. The zero-order valence-electron chi connectivity index (χ0n) is 8.65. The Morgan fingerprint density at radius 3 is 3.20 bits per heavy atom. The van der Waals surface area contributed by atoms with Gasteiger partial charge in [0.25, 0.3) is 0 Å². The maximum Gasteiger partial charge on any atom is 0.186 e. The summed E-state index contributed by atoms with van der Waals surface area (Å²) in [5.74, 6) is 0.229. The highest BCUT2D eigenvalue weighted by Crippen LogP contribution is 2.10. The van der Waals surface area contributed by atoms with Crippen molar-refractivity contribution in [3.05, 3.63) is 22.4 Å². The minimum atomic E-state index is 0.229. The maximum atomic E-state index is 11.8. The van der Waals surface area contributed by atoms with Gasteiger partial charge in [0.05, 0.1) is 18.0 Å². The van der Waals surface area contributed by atoms with Crippen molar-refractivity contribution in [2.45, 2.75) is 6.42 Å². The number of carbonyl (C=O) groups is 1. The SMILES string of the molecule is O=C(CN1CCCOCC1)c1cccs1. The summed E-state index contributed by atoms with van der Waals surface area (Å²) >= 11 is 1.52. The van der Waals surface area contributed by atoms with Gasteiger partial charge in [-0.3, -0.25) is 9.69 Å². The number of hydrogen-bond donors (Lipinski definition) is 0. The van der Waals surface area contributed by atoms with E-state index in [0.717, 1.165) is 37.6 Å². The van der Waals surface area contributed by atoms with E-state index in [2.05, 4.69) is 4.90 Å². The lowest BCUT2D eigenvalue weighted by atomic mass is 10.3. The third-order valence-electron chi connectivity index (χ3n) is 2.48. The van der Waals surface area contributed by atoms with E-state index in [4.69, 9.17) is 4.74 Å². The highest BCUT2D eigenvalue weighted by atomic mass is 32.1. The maximum absolute atomic E-state index is 11.8. The first-order chi connectivity index (χ1) is 7.36. The first-order valence-corrected chi connectivity index (χ1v) is 6.11. The molecule has 0 atom stereocenters. The highest BCUT2D eigenvalue weighted by molar-refractivity contribution is 7.12. The molecule has 4 heteroatoms. The van der Waals surface area contributed by atoms with E-state index in [0.29, 0.717) is 6.54 Å². The van der Waals surface area contributed by atoms with Crippen LogP contribution in [-0.4, -0.2) is 43.5 Å². The van der Waals surface area contributed by atoms with Crippen molar-refractivity contribution in [3.63, 3.8) is 0 Å². The van der Waals surface area contributed by atoms with Crippen LogP contribution in [0, 0.1) is 0 Å². The van der Waals surface area contributed by atoms with Gasteiger partial charge in [-0.1, -0.05) is 6.07 Å². The molecule has 0 aromatic carbocycles. The number of nitrogens with zero attached hydrogens (tertiary/aromatic N) is 1. The molecule has 0 unspecified atom stereocenters. The van der Waals surface area contributed by atoms with Crippen LogP contribution >= 0.6 is 11.3 Å². The van der Waals surface area contributed by atoms with Crippen LogP contribution in [0.15, 0.2) is 17.5 Å². The van der Waals surface area contributed by atoms with Gasteiger partial charge in [-0.2, -0.15) is 0 Å². The zero-order valence-corrected chi connectivity index (χ0v) is 9.46. The molecule has 1 aromatic heterocycles. The Hall–Kier alpha value is -0.710. The molecule has 1 fully saturated rings. The fourth-order valence-electron chi connectivity index (χ4n) is 1.67. The largest absolute Gasteiger partial charge is 0.380 e. The summed E-state index contributed by atoms with van der Waals surface area (Å²) in [4.78, 5) is 14.9. The lowest BCUT2D eigenvalue weighted by molar-refractivity contribution is 0.0926. The minimum Gasteiger partial charge on any atom is -0.380 e. The van der Waals surface area contributed by atoms with Crippen molar-refractivity contribution in [1.82, 2.24) is 4.90 Å². The summed E-state index contributed by atoms with van der Waals surface area (Å²) in [5, 5.41) is 1.94. The van der Waals surface area contributed by atoms with E-state index in [9.17, 15) is 4.79 Å². The number of thiophene rings is 1. The second-order valence-corrected chi connectivity index (χ2v) is 4.59. The third-order valence-corrected chi connectivity index (χ3v) is 3.39. The molecule has 0 amide bonds. The van der Waals surface area contributed by atoms with Crippen LogP contribution < -0.4 is 0 Å². The van der Waals surface area contributed by atoms with E-state index in [1.54, 1.807) is 0 Å². The van der Waals surface area contributed by atoms with Gasteiger partial charge < -0.3 is 4.74 Å². The minimum absolute atomic E-state index is 0.229. The number of hydrogen-bond acceptors (Lipinski definition) is 4. The van der Waals surface area contributed by atoms with E-state index < -0.39 is 0 Å². The summed E-state index contributed by atoms with van der Waals surface area (Å²) in [6.45, 7) is 3.94. The molecule has 0 saturated carbocycles. The average Bonchev–Trinajstić information content (AvgIpc) is 2.65. The number of ketones is 1. The second-order valence-electron chi connectivity index (χ2n) is 3.64. The lowest BCUT2D eigenvalue weighted by Crippen LogP contribution is -2.31. The number of Topliss-reactive ketones (excluding diaryl/α,β-unsaturated/α-hetero) is 1. The predicted octanol–water partition coefficient (Wildman–Crippen LogP) is 1.65. The molecule has 2 heterocycles. The Kier molecular flexibility index (Phi) is 3.88. The van der Waals surface area contributed by atoms with Gasteiger partial charge in [0.1, 0.15) is 0 Å². The van der Waals surface area contributed by atoms with Crippen molar-refractivity contribution in [2.75, 3.05) is 32.8 Å². The quantitative estimate of drug-likeness (QED) is 0.733. The molecule has 1 aromatic rings. The van der Waals surface area contributed by atoms with Crippen molar-refractivity contribution >= 4 is 17.1 Å². The smallest absolute Gasteiger partial charge is 0.186 e. The molecule has 0 radical (unpaired) electrons. The molecule has 1 saturated heterocycles. The average molecular weight is 225 g/mol. The Morgan fingerprint density at radius 2 is 2.40 bits per heavy atom. The van der Waals surface area contributed by atoms with Crippen molar-refractivity contribution in [3.8, 4) is 0 Å². The third kappa shape index (κ3) is 3.12. The number of carbonyl (C=O) groups excluding carboxylic acids is 1. The molecular weight excluding hydrogens is 210 g/mol. The monoisotopic (exact) mass is 225 g/mol. The van der Waals surface area contributed by atoms with Crippen molar-refractivity contribution in [2.24, 2.45) is 0 Å². The summed E-state index contributed by atoms with van der Waals surface area (Å²) in [5.41, 5.74) is 0. The molecule has 15 heavy (non-hydrogen) atoms. The Morgan fingerprint density at radius 1 is 1.47 bits per heavy atom. The van der Waals surface area contributed by atoms with Crippen LogP contribution in [0.5, 0.6) is 0 Å². The normalized spacial score (nSPS) is 18.7. The second kappa shape index (κ2) is 5.39. The van der Waals surface area contributed by atoms with Crippen LogP contribution in [0.2, 0.25) is 0 Å². The van der Waals surface area contributed by atoms with E-state index in [1.807, 2.05) is 17.5 Å². The molecule has 0 spiro atoms. The molecule has 0 aliphatic carbocycles. The highest BCUT2D eigenvalue weighted by Gasteiger charge is 2.14. The fourth-order valence-corrected chi connectivity index (χ4v) is 2.33. The van der Waals surface area contributed by atoms with Crippen molar-refractivity contribution in [1.29, 1.82) is 0 Å². The van der Waals surface area contributed by atoms with Crippen molar-refractivity contribution < 1.29 is 9.53 Å². The Balaban J connectivity index is 1.87. The van der Waals surface area contributed by atoms with Gasteiger partial charge in [-0.15, -0.1) is 11.3 Å². The van der Waals surface area contributed by atoms with Crippen LogP contribution in [0.3, 0.4) is 0 Å². The van der Waals surface area contributed by atoms with E-state index >= 15 is 0 Å². The molecule has 0 bridgehead atoms. The molecule has 3 nitrogen and oxygen atoms in total. The first kappa shape index (κ1) is 10.8. The Labute approximate surface area is 93.7 Å². The fraction of sp³-hybridized carbons (Fsp3) is 0.545. The number of rotatable bonds is 3. The van der Waals surface area contributed by atoms with Crippen LogP contribution in [0.1, 0.15) is 16.1 Å². The van der Waals surface area contributed by atoms with E-state index in [-0.39, 0.29) is 5.78 Å². The van der Waals surface area contributed by atoms with Gasteiger partial charge in [0.15, 0.2) is 5.78 Å². The molecule has 1 aliphatic heterocycles. The molecule has 2 rings (SSSR count). The standard InChI is InChI=1S/C11H15NO2S/c13-10(11-3-1-8-15-11)9-12-4-2-6-14-7-5-12/h1,3,8H,2,4-7,9H2. The Bertz CT molecular complexity index is 302. The molecular formula is C11H15NO2S. The summed E-state index contributed by atoms with van der Waals surface area (Å²) < 4.78 is 5.35. The molecule has 1 aliphatic rings. The summed E-state index contributed by atoms with van der Waals surface area (Å²) in [7, 11) is 0. The van der Waals surface area contributed by atoms with Crippen LogP contribution in [0.4, 0.5) is 0 Å². The van der Waals surface area contributed by atoms with Crippen LogP contribution in [0.25, 0.3) is 0 Å². The van der Waals surface area contributed by atoms with Gasteiger partial charge >= 0.3 is 0 Å². The topological polar surface area (TPSA) is 29.5 Å². The van der Waals surface area contributed by atoms with Gasteiger partial charge in [-0.05, 0) is 17.9 Å². The zero-order chi connectivity index (χ0) is 10.5. The molecule has 82 valence electrons. The van der Waals surface area contributed by atoms with Gasteiger partial charge in [0.2, 0.25) is 0 Å². The predicted molar refractivity (Wildman–Crippen MR) is 60.5 cm³/mol.